The SMILES string of the molecule is CCCCCN1C(=O)C(=O)/C(=C(\O)c2ccccc2OC)C1c1ccncc1. The average Bonchev–Trinajstić information content (AvgIpc) is 2.99. The largest absolute Gasteiger partial charge is 0.507 e. The summed E-state index contributed by atoms with van der Waals surface area (Å²) in [6.45, 7) is 2.53. The number of benzene rings is 1. The van der Waals surface area contributed by atoms with Crippen molar-refractivity contribution >= 4 is 17.4 Å². The minimum absolute atomic E-state index is 0.0807. The van der Waals surface area contributed by atoms with Crippen LogP contribution in [0.2, 0.25) is 0 Å². The Morgan fingerprint density at radius 1 is 1.14 bits per heavy atom. The molecule has 1 N–H and O–H groups in total. The Hall–Kier alpha value is -3.15. The number of hydrogen-bond donors (Lipinski definition) is 1. The van der Waals surface area contributed by atoms with E-state index >= 15 is 0 Å². The molecule has 1 aromatic carbocycles. The molecule has 0 spiro atoms. The molecule has 1 aliphatic heterocycles. The fraction of sp³-hybridized carbons (Fsp3) is 0.318. The second-order valence-electron chi connectivity index (χ2n) is 6.68. The number of methoxy groups -OCH3 is 1. The third-order valence-electron chi connectivity index (χ3n) is 4.93. The maximum Gasteiger partial charge on any atom is 0.295 e. The number of Topliss-reactive ketones (excluding diaryl/α,β-unsaturated/α-hetero) is 1. The van der Waals surface area contributed by atoms with Crippen LogP contribution in [0.3, 0.4) is 0 Å². The van der Waals surface area contributed by atoms with Gasteiger partial charge in [0.1, 0.15) is 11.5 Å². The van der Waals surface area contributed by atoms with Gasteiger partial charge >= 0.3 is 0 Å². The van der Waals surface area contributed by atoms with Crippen LogP contribution < -0.4 is 4.74 Å². The fourth-order valence-corrected chi connectivity index (χ4v) is 3.52. The van der Waals surface area contributed by atoms with Crippen molar-refractivity contribution in [3.8, 4) is 5.75 Å². The number of likely N-dealkylation sites (tertiary alicyclic amines) is 1. The number of nitrogens with zero attached hydrogens (tertiary/aromatic N) is 2. The number of rotatable bonds is 7. The van der Waals surface area contributed by atoms with Crippen molar-refractivity contribution in [3.05, 3.63) is 65.5 Å². The van der Waals surface area contributed by atoms with Gasteiger partial charge in [0, 0.05) is 18.9 Å². The standard InChI is InChI=1S/C22H24N2O4/c1-3-4-7-14-24-19(15-10-12-23-13-11-15)18(21(26)22(24)27)20(25)16-8-5-6-9-17(16)28-2/h5-6,8-13,19,25H,3-4,7,14H2,1-2H3/b20-18-. The summed E-state index contributed by atoms with van der Waals surface area (Å²) in [6.07, 6.45) is 5.98. The number of hydrogen-bond acceptors (Lipinski definition) is 5. The number of ketones is 1. The normalized spacial score (nSPS) is 18.5. The zero-order valence-corrected chi connectivity index (χ0v) is 16.1. The first-order valence-electron chi connectivity index (χ1n) is 9.41. The highest BCUT2D eigenvalue weighted by atomic mass is 16.5. The highest BCUT2D eigenvalue weighted by molar-refractivity contribution is 6.46. The van der Waals surface area contributed by atoms with Crippen LogP contribution in [0.5, 0.6) is 5.75 Å². The highest BCUT2D eigenvalue weighted by Crippen LogP contribution is 2.40. The topological polar surface area (TPSA) is 79.7 Å². The lowest BCUT2D eigenvalue weighted by Gasteiger charge is -2.25. The van der Waals surface area contributed by atoms with Gasteiger partial charge in [0.15, 0.2) is 0 Å². The van der Waals surface area contributed by atoms with Crippen LogP contribution in [-0.4, -0.2) is 40.3 Å². The van der Waals surface area contributed by atoms with Crippen molar-refractivity contribution in [2.24, 2.45) is 0 Å². The Labute approximate surface area is 164 Å². The maximum absolute atomic E-state index is 12.9. The van der Waals surface area contributed by atoms with Crippen molar-refractivity contribution in [3.63, 3.8) is 0 Å². The van der Waals surface area contributed by atoms with Crippen molar-refractivity contribution in [1.29, 1.82) is 0 Å². The van der Waals surface area contributed by atoms with Gasteiger partial charge in [-0.15, -0.1) is 0 Å². The van der Waals surface area contributed by atoms with Crippen LogP contribution in [0, 0.1) is 0 Å². The third kappa shape index (κ3) is 3.63. The first-order valence-corrected chi connectivity index (χ1v) is 9.41. The molecule has 0 radical (unpaired) electrons. The van der Waals surface area contributed by atoms with Crippen molar-refractivity contribution in [1.82, 2.24) is 9.88 Å². The molecule has 1 atom stereocenters. The lowest BCUT2D eigenvalue weighted by Crippen LogP contribution is -2.30. The number of pyridine rings is 1. The van der Waals surface area contributed by atoms with Crippen LogP contribution in [-0.2, 0) is 9.59 Å². The molecule has 6 nitrogen and oxygen atoms in total. The number of para-hydroxylation sites is 1. The number of amides is 1. The molecule has 1 unspecified atom stereocenters. The third-order valence-corrected chi connectivity index (χ3v) is 4.93. The Bertz CT molecular complexity index is 892. The lowest BCUT2D eigenvalue weighted by molar-refractivity contribution is -0.139. The minimum atomic E-state index is -0.679. The van der Waals surface area contributed by atoms with Gasteiger partial charge in [0.05, 0.1) is 24.3 Å². The van der Waals surface area contributed by atoms with Crippen LogP contribution in [0.25, 0.3) is 5.76 Å². The molecule has 2 heterocycles. The van der Waals surface area contributed by atoms with Gasteiger partial charge in [0.25, 0.3) is 11.7 Å². The molecule has 1 saturated heterocycles. The predicted molar refractivity (Wildman–Crippen MR) is 106 cm³/mol. The molecular weight excluding hydrogens is 356 g/mol. The molecule has 1 fully saturated rings. The molecule has 1 aromatic heterocycles. The van der Waals surface area contributed by atoms with E-state index < -0.39 is 17.7 Å². The molecule has 1 amide bonds. The summed E-state index contributed by atoms with van der Waals surface area (Å²) in [6, 6.07) is 9.77. The van der Waals surface area contributed by atoms with E-state index in [1.54, 1.807) is 53.7 Å². The van der Waals surface area contributed by atoms with E-state index in [9.17, 15) is 14.7 Å². The predicted octanol–water partition coefficient (Wildman–Crippen LogP) is 3.70. The molecule has 0 saturated carbocycles. The quantitative estimate of drug-likeness (QED) is 0.343. The van der Waals surface area contributed by atoms with Crippen LogP contribution in [0.15, 0.2) is 54.4 Å². The smallest absolute Gasteiger partial charge is 0.295 e. The zero-order valence-electron chi connectivity index (χ0n) is 16.1. The molecule has 28 heavy (non-hydrogen) atoms. The number of aliphatic hydroxyl groups is 1. The molecule has 0 bridgehead atoms. The Morgan fingerprint density at radius 2 is 1.86 bits per heavy atom. The summed E-state index contributed by atoms with van der Waals surface area (Å²) < 4.78 is 5.32. The lowest BCUT2D eigenvalue weighted by atomic mass is 9.95. The summed E-state index contributed by atoms with van der Waals surface area (Å²) in [5.41, 5.74) is 1.20. The second-order valence-corrected chi connectivity index (χ2v) is 6.68. The summed E-state index contributed by atoms with van der Waals surface area (Å²) in [7, 11) is 1.50. The van der Waals surface area contributed by atoms with Gasteiger partial charge in [-0.25, -0.2) is 0 Å². The van der Waals surface area contributed by atoms with E-state index in [1.807, 2.05) is 0 Å². The first-order chi connectivity index (χ1) is 13.6. The van der Waals surface area contributed by atoms with Gasteiger partial charge < -0.3 is 14.7 Å². The number of carbonyl (C=O) groups is 2. The van der Waals surface area contributed by atoms with Gasteiger partial charge in [-0.05, 0) is 36.2 Å². The molecule has 0 aliphatic carbocycles. The van der Waals surface area contributed by atoms with Gasteiger partial charge in [0.2, 0.25) is 0 Å². The highest BCUT2D eigenvalue weighted by Gasteiger charge is 2.45. The van der Waals surface area contributed by atoms with Gasteiger partial charge in [-0.1, -0.05) is 31.9 Å². The minimum Gasteiger partial charge on any atom is -0.507 e. The average molecular weight is 380 g/mol. The Kier molecular flexibility index (Phi) is 6.09. The van der Waals surface area contributed by atoms with Crippen molar-refractivity contribution in [2.75, 3.05) is 13.7 Å². The maximum atomic E-state index is 12.9. The number of carbonyl (C=O) groups excluding carboxylic acids is 2. The molecule has 2 aromatic rings. The molecule has 6 heteroatoms. The van der Waals surface area contributed by atoms with E-state index in [0.29, 0.717) is 17.9 Å². The summed E-state index contributed by atoms with van der Waals surface area (Å²) in [5, 5.41) is 11.0. The van der Waals surface area contributed by atoms with Crippen LogP contribution >= 0.6 is 0 Å². The Balaban J connectivity index is 2.14. The molecule has 1 aliphatic rings. The molecule has 146 valence electrons. The number of aromatic nitrogens is 1. The van der Waals surface area contributed by atoms with Gasteiger partial charge in [-0.3, -0.25) is 14.6 Å². The van der Waals surface area contributed by atoms with Crippen LogP contribution in [0.1, 0.15) is 43.4 Å². The first kappa shape index (κ1) is 19.6. The monoisotopic (exact) mass is 380 g/mol. The van der Waals surface area contributed by atoms with E-state index in [4.69, 9.17) is 4.74 Å². The van der Waals surface area contributed by atoms with E-state index in [1.165, 1.54) is 7.11 Å². The number of ether oxygens (including phenoxy) is 1. The van der Waals surface area contributed by atoms with E-state index in [0.717, 1.165) is 24.8 Å². The van der Waals surface area contributed by atoms with Gasteiger partial charge in [-0.2, -0.15) is 0 Å². The number of aliphatic hydroxyl groups excluding tert-OH is 1. The second kappa shape index (κ2) is 8.69. The van der Waals surface area contributed by atoms with E-state index in [-0.39, 0.29) is 11.3 Å². The number of unbranched alkanes of at least 4 members (excludes halogenated alkanes) is 2. The molecular formula is C22H24N2O4. The van der Waals surface area contributed by atoms with E-state index in [2.05, 4.69) is 11.9 Å². The molecule has 3 rings (SSSR count). The zero-order chi connectivity index (χ0) is 20.1. The Morgan fingerprint density at radius 3 is 2.54 bits per heavy atom. The summed E-state index contributed by atoms with van der Waals surface area (Å²) in [4.78, 5) is 31.2. The fourth-order valence-electron chi connectivity index (χ4n) is 3.52. The van der Waals surface area contributed by atoms with Crippen molar-refractivity contribution in [2.45, 2.75) is 32.2 Å². The summed E-state index contributed by atoms with van der Waals surface area (Å²) >= 11 is 0. The van der Waals surface area contributed by atoms with Crippen LogP contribution in [0.4, 0.5) is 0 Å². The van der Waals surface area contributed by atoms with Crippen molar-refractivity contribution < 1.29 is 19.4 Å². The summed E-state index contributed by atoms with van der Waals surface area (Å²) in [5.74, 6) is -1.06.